The maximum Gasteiger partial charge on any atom is 0.422 e. The third-order valence-electron chi connectivity index (χ3n) is 3.23. The van der Waals surface area contributed by atoms with E-state index in [0.29, 0.717) is 19.0 Å². The lowest BCUT2D eigenvalue weighted by molar-refractivity contribution is -0.154. The molecule has 0 fully saturated rings. The Bertz CT molecular complexity index is 719. The number of alkyl halides is 3. The Kier molecular flexibility index (Phi) is 8.61. The monoisotopic (exact) mass is 484 g/mol. The van der Waals surface area contributed by atoms with Gasteiger partial charge < -0.3 is 15.4 Å². The number of nitrogens with one attached hydrogen (secondary N) is 2. The first-order valence-corrected chi connectivity index (χ1v) is 7.43. The highest BCUT2D eigenvalue weighted by Gasteiger charge is 2.28. The van der Waals surface area contributed by atoms with Crippen LogP contribution in [-0.2, 0) is 20.1 Å². The van der Waals surface area contributed by atoms with Gasteiger partial charge in [-0.3, -0.25) is 9.67 Å². The largest absolute Gasteiger partial charge is 0.468 e. The number of pyridine rings is 1. The summed E-state index contributed by atoms with van der Waals surface area (Å²) in [5, 5.41) is 10.3. The van der Waals surface area contributed by atoms with E-state index in [4.69, 9.17) is 0 Å². The van der Waals surface area contributed by atoms with Crippen LogP contribution < -0.4 is 15.4 Å². The summed E-state index contributed by atoms with van der Waals surface area (Å²) in [5.74, 6) is 0.477. The molecular weight excluding hydrogens is 464 g/mol. The molecule has 26 heavy (non-hydrogen) atoms. The van der Waals surface area contributed by atoms with E-state index in [1.165, 1.54) is 12.3 Å². The van der Waals surface area contributed by atoms with Crippen LogP contribution in [0.25, 0.3) is 0 Å². The number of hydrogen-bond donors (Lipinski definition) is 2. The van der Waals surface area contributed by atoms with Crippen LogP contribution in [0.3, 0.4) is 0 Å². The van der Waals surface area contributed by atoms with Gasteiger partial charge in [0.1, 0.15) is 0 Å². The molecule has 0 amide bonds. The molecule has 2 N–H and O–H groups in total. The molecule has 0 aliphatic rings. The Hall–Kier alpha value is -2.05. The molecule has 2 aromatic heterocycles. The lowest BCUT2D eigenvalue weighted by atomic mass is 10.2. The Labute approximate surface area is 166 Å². The molecule has 7 nitrogen and oxygen atoms in total. The zero-order valence-electron chi connectivity index (χ0n) is 14.2. The molecular formula is C15H20F3IN6O. The van der Waals surface area contributed by atoms with Crippen molar-refractivity contribution in [2.75, 3.05) is 13.7 Å². The molecule has 0 aliphatic heterocycles. The molecule has 0 aromatic carbocycles. The summed E-state index contributed by atoms with van der Waals surface area (Å²) >= 11 is 0. The van der Waals surface area contributed by atoms with E-state index in [9.17, 15) is 13.2 Å². The molecule has 0 bridgehead atoms. The van der Waals surface area contributed by atoms with E-state index >= 15 is 0 Å². The predicted octanol–water partition coefficient (Wildman–Crippen LogP) is 2.24. The first-order valence-electron chi connectivity index (χ1n) is 7.43. The zero-order valence-corrected chi connectivity index (χ0v) is 16.6. The minimum absolute atomic E-state index is 0. The van der Waals surface area contributed by atoms with Crippen molar-refractivity contribution in [3.63, 3.8) is 0 Å². The topological polar surface area (TPSA) is 76.4 Å². The number of guanidine groups is 1. The highest BCUT2D eigenvalue weighted by Crippen LogP contribution is 2.17. The number of halogens is 4. The van der Waals surface area contributed by atoms with Crippen molar-refractivity contribution in [3.8, 4) is 5.88 Å². The Morgan fingerprint density at radius 1 is 1.23 bits per heavy atom. The van der Waals surface area contributed by atoms with Crippen LogP contribution in [0.15, 0.2) is 35.6 Å². The zero-order chi connectivity index (χ0) is 18.3. The number of ether oxygens (including phenoxy) is 1. The number of nitrogens with zero attached hydrogens (tertiary/aromatic N) is 4. The van der Waals surface area contributed by atoms with Crippen LogP contribution in [0, 0.1) is 0 Å². The van der Waals surface area contributed by atoms with Gasteiger partial charge in [-0.05, 0) is 17.7 Å². The fourth-order valence-electron chi connectivity index (χ4n) is 1.95. The first kappa shape index (κ1) is 22.0. The normalized spacial score (nSPS) is 11.7. The van der Waals surface area contributed by atoms with E-state index in [1.807, 2.05) is 13.1 Å². The van der Waals surface area contributed by atoms with Crippen molar-refractivity contribution < 1.29 is 17.9 Å². The lowest BCUT2D eigenvalue weighted by Crippen LogP contribution is -2.36. The van der Waals surface area contributed by atoms with Gasteiger partial charge in [-0.25, -0.2) is 4.98 Å². The highest BCUT2D eigenvalue weighted by atomic mass is 127. The first-order chi connectivity index (χ1) is 11.9. The van der Waals surface area contributed by atoms with Crippen molar-refractivity contribution in [1.29, 1.82) is 0 Å². The third-order valence-corrected chi connectivity index (χ3v) is 3.23. The molecule has 11 heteroatoms. The van der Waals surface area contributed by atoms with Gasteiger partial charge in [0.2, 0.25) is 5.88 Å². The van der Waals surface area contributed by atoms with Crippen LogP contribution in [0.4, 0.5) is 13.2 Å². The summed E-state index contributed by atoms with van der Waals surface area (Å²) in [6.07, 6.45) is -1.30. The molecule has 0 aliphatic carbocycles. The second-order valence-corrected chi connectivity index (χ2v) is 5.13. The maximum absolute atomic E-state index is 12.2. The van der Waals surface area contributed by atoms with Crippen LogP contribution >= 0.6 is 24.0 Å². The smallest absolute Gasteiger partial charge is 0.422 e. The molecule has 0 unspecified atom stereocenters. The molecule has 2 heterocycles. The summed E-state index contributed by atoms with van der Waals surface area (Å²) in [4.78, 5) is 7.86. The fourth-order valence-corrected chi connectivity index (χ4v) is 1.95. The summed E-state index contributed by atoms with van der Waals surface area (Å²) < 4.78 is 42.9. The van der Waals surface area contributed by atoms with Gasteiger partial charge >= 0.3 is 6.18 Å². The second kappa shape index (κ2) is 10.2. The van der Waals surface area contributed by atoms with Crippen molar-refractivity contribution in [3.05, 3.63) is 41.9 Å². The number of hydrogen-bond acceptors (Lipinski definition) is 4. The lowest BCUT2D eigenvalue weighted by Gasteiger charge is -2.13. The van der Waals surface area contributed by atoms with Gasteiger partial charge in [0.15, 0.2) is 12.6 Å². The van der Waals surface area contributed by atoms with E-state index in [1.54, 1.807) is 24.0 Å². The second-order valence-electron chi connectivity index (χ2n) is 5.13. The van der Waals surface area contributed by atoms with Crippen molar-refractivity contribution >= 4 is 29.9 Å². The van der Waals surface area contributed by atoms with Gasteiger partial charge in [-0.1, -0.05) is 0 Å². The Balaban J connectivity index is 0.00000338. The average molecular weight is 484 g/mol. The molecule has 144 valence electrons. The quantitative estimate of drug-likeness (QED) is 0.374. The summed E-state index contributed by atoms with van der Waals surface area (Å²) in [7, 11) is 3.47. The molecule has 2 rings (SSSR count). The maximum atomic E-state index is 12.2. The molecule has 0 saturated heterocycles. The van der Waals surface area contributed by atoms with Crippen LogP contribution in [-0.4, -0.2) is 40.6 Å². The van der Waals surface area contributed by atoms with Crippen molar-refractivity contribution in [1.82, 2.24) is 25.4 Å². The number of aliphatic imine (C=N–C) groups is 1. The van der Waals surface area contributed by atoms with Gasteiger partial charge in [0.05, 0.1) is 12.2 Å². The summed E-state index contributed by atoms with van der Waals surface area (Å²) in [6.45, 7) is -0.479. The highest BCUT2D eigenvalue weighted by molar-refractivity contribution is 14.0. The van der Waals surface area contributed by atoms with Gasteiger partial charge in [0.25, 0.3) is 0 Å². The Morgan fingerprint density at radius 3 is 2.58 bits per heavy atom. The summed E-state index contributed by atoms with van der Waals surface area (Å²) in [6, 6.07) is 5.02. The predicted molar refractivity (Wildman–Crippen MR) is 101 cm³/mol. The SMILES string of the molecule is CN=C(NCc1ccnc(OCC(F)(F)F)c1)NCc1ccnn1C.I. The van der Waals surface area contributed by atoms with Gasteiger partial charge in [0, 0.05) is 39.1 Å². The molecule has 2 aromatic rings. The number of rotatable bonds is 6. The van der Waals surface area contributed by atoms with Gasteiger partial charge in [-0.15, -0.1) is 24.0 Å². The van der Waals surface area contributed by atoms with E-state index < -0.39 is 12.8 Å². The minimum atomic E-state index is -4.40. The Morgan fingerprint density at radius 2 is 1.96 bits per heavy atom. The third kappa shape index (κ3) is 7.45. The number of aromatic nitrogens is 3. The molecule has 0 spiro atoms. The molecule has 0 saturated carbocycles. The number of aryl methyl sites for hydroxylation is 1. The standard InChI is InChI=1S/C15H19F3N6O.HI/c1-19-14(22-9-12-4-6-23-24(12)2)21-8-11-3-5-20-13(7-11)25-10-15(16,17)18;/h3-7H,8-10H2,1-2H3,(H2,19,21,22);1H. The van der Waals surface area contributed by atoms with Crippen LogP contribution in [0.5, 0.6) is 5.88 Å². The van der Waals surface area contributed by atoms with E-state index in [-0.39, 0.29) is 29.9 Å². The van der Waals surface area contributed by atoms with Crippen molar-refractivity contribution in [2.24, 2.45) is 12.0 Å². The van der Waals surface area contributed by atoms with Crippen LogP contribution in [0.1, 0.15) is 11.3 Å². The summed E-state index contributed by atoms with van der Waals surface area (Å²) in [5.41, 5.74) is 1.70. The van der Waals surface area contributed by atoms with Crippen LogP contribution in [0.2, 0.25) is 0 Å². The average Bonchev–Trinajstić information content (AvgIpc) is 2.98. The van der Waals surface area contributed by atoms with Crippen molar-refractivity contribution in [2.45, 2.75) is 19.3 Å². The molecule has 0 radical (unpaired) electrons. The van der Waals surface area contributed by atoms with Gasteiger partial charge in [-0.2, -0.15) is 18.3 Å². The molecule has 0 atom stereocenters. The fraction of sp³-hybridized carbons (Fsp3) is 0.400. The van der Waals surface area contributed by atoms with E-state index in [2.05, 4.69) is 30.4 Å². The minimum Gasteiger partial charge on any atom is -0.468 e. The van der Waals surface area contributed by atoms with E-state index in [0.717, 1.165) is 11.3 Å².